The van der Waals surface area contributed by atoms with Gasteiger partial charge >= 0.3 is 0 Å². The molecule has 4 heteroatoms. The van der Waals surface area contributed by atoms with Gasteiger partial charge in [0.05, 0.1) is 20.3 Å². The van der Waals surface area contributed by atoms with Crippen LogP contribution < -0.4 is 4.74 Å². The number of benzene rings is 2. The summed E-state index contributed by atoms with van der Waals surface area (Å²) in [5.74, 6) is 1.04. The SMILES string of the molecule is COCc1ccccc1O.COc1ccccc1CO. The number of phenolic OH excluding ortho intramolecular Hbond substituents is 1. The van der Waals surface area contributed by atoms with Crippen molar-refractivity contribution in [2.75, 3.05) is 14.2 Å². The summed E-state index contributed by atoms with van der Waals surface area (Å²) in [6, 6.07) is 14.5. The van der Waals surface area contributed by atoms with Crippen molar-refractivity contribution in [2.24, 2.45) is 0 Å². The highest BCUT2D eigenvalue weighted by Gasteiger charge is 1.97. The molecule has 0 fully saturated rings. The first-order chi connectivity index (χ1) is 9.72. The quantitative estimate of drug-likeness (QED) is 0.901. The maximum atomic E-state index is 9.16. The number of aliphatic hydroxyl groups is 1. The first-order valence-corrected chi connectivity index (χ1v) is 6.21. The predicted molar refractivity (Wildman–Crippen MR) is 77.7 cm³/mol. The van der Waals surface area contributed by atoms with E-state index in [1.165, 1.54) is 0 Å². The van der Waals surface area contributed by atoms with Crippen molar-refractivity contribution in [2.45, 2.75) is 13.2 Å². The Morgan fingerprint density at radius 1 is 0.900 bits per heavy atom. The molecular formula is C16H20O4. The van der Waals surface area contributed by atoms with E-state index in [9.17, 15) is 0 Å². The summed E-state index contributed by atoms with van der Waals surface area (Å²) in [5, 5.41) is 17.9. The van der Waals surface area contributed by atoms with E-state index in [4.69, 9.17) is 19.7 Å². The molecule has 4 nitrogen and oxygen atoms in total. The Morgan fingerprint density at radius 3 is 2.00 bits per heavy atom. The van der Waals surface area contributed by atoms with Crippen molar-refractivity contribution < 1.29 is 19.7 Å². The first-order valence-electron chi connectivity index (χ1n) is 6.21. The zero-order chi connectivity index (χ0) is 14.8. The molecule has 0 radical (unpaired) electrons. The maximum absolute atomic E-state index is 9.16. The molecular weight excluding hydrogens is 256 g/mol. The minimum Gasteiger partial charge on any atom is -0.508 e. The summed E-state index contributed by atoms with van der Waals surface area (Å²) in [5.41, 5.74) is 1.65. The Balaban J connectivity index is 0.000000200. The van der Waals surface area contributed by atoms with Crippen LogP contribution in [0.15, 0.2) is 48.5 Å². The summed E-state index contributed by atoms with van der Waals surface area (Å²) in [4.78, 5) is 0. The molecule has 0 amide bonds. The number of rotatable bonds is 4. The molecule has 0 spiro atoms. The number of hydrogen-bond acceptors (Lipinski definition) is 4. The van der Waals surface area contributed by atoms with Crippen LogP contribution in [-0.4, -0.2) is 24.4 Å². The highest BCUT2D eigenvalue weighted by atomic mass is 16.5. The Bertz CT molecular complexity index is 488. The molecule has 0 saturated heterocycles. The fourth-order valence-corrected chi connectivity index (χ4v) is 1.62. The van der Waals surface area contributed by atoms with Crippen molar-refractivity contribution in [3.8, 4) is 11.5 Å². The van der Waals surface area contributed by atoms with Crippen molar-refractivity contribution in [1.82, 2.24) is 0 Å². The topological polar surface area (TPSA) is 58.9 Å². The van der Waals surface area contributed by atoms with E-state index >= 15 is 0 Å². The molecule has 0 saturated carbocycles. The summed E-state index contributed by atoms with van der Waals surface area (Å²) in [6.07, 6.45) is 0. The zero-order valence-electron chi connectivity index (χ0n) is 11.7. The summed E-state index contributed by atoms with van der Waals surface area (Å²) >= 11 is 0. The Hall–Kier alpha value is -2.04. The maximum Gasteiger partial charge on any atom is 0.124 e. The van der Waals surface area contributed by atoms with Gasteiger partial charge in [-0.25, -0.2) is 0 Å². The standard InChI is InChI=1S/2C8H10O2/c1-10-6-7-4-2-3-5-8(7)9;1-10-8-5-3-2-4-7(8)6-9/h2*2-5,9H,6H2,1H3. The van der Waals surface area contributed by atoms with Crippen LogP contribution in [-0.2, 0) is 18.0 Å². The van der Waals surface area contributed by atoms with Gasteiger partial charge in [0.25, 0.3) is 0 Å². The number of aliphatic hydroxyl groups excluding tert-OH is 1. The number of phenols is 1. The van der Waals surface area contributed by atoms with Gasteiger partial charge in [-0.2, -0.15) is 0 Å². The minimum absolute atomic E-state index is 0.0318. The summed E-state index contributed by atoms with van der Waals surface area (Å²) < 4.78 is 9.82. The van der Waals surface area contributed by atoms with E-state index in [-0.39, 0.29) is 6.61 Å². The van der Waals surface area contributed by atoms with Crippen LogP contribution in [0.2, 0.25) is 0 Å². The summed E-state index contributed by atoms with van der Waals surface area (Å²) in [7, 11) is 3.20. The van der Waals surface area contributed by atoms with Gasteiger partial charge in [0, 0.05) is 18.2 Å². The van der Waals surface area contributed by atoms with Crippen molar-refractivity contribution in [1.29, 1.82) is 0 Å². The molecule has 0 aliphatic carbocycles. The van der Waals surface area contributed by atoms with E-state index in [2.05, 4.69) is 0 Å². The lowest BCUT2D eigenvalue weighted by molar-refractivity contribution is 0.182. The number of hydrogen-bond donors (Lipinski definition) is 2. The molecule has 0 unspecified atom stereocenters. The monoisotopic (exact) mass is 276 g/mol. The van der Waals surface area contributed by atoms with Crippen LogP contribution in [0.4, 0.5) is 0 Å². The van der Waals surface area contributed by atoms with Crippen LogP contribution in [0.25, 0.3) is 0 Å². The second-order valence-corrected chi connectivity index (χ2v) is 4.03. The van der Waals surface area contributed by atoms with Gasteiger partial charge in [0.2, 0.25) is 0 Å². The fraction of sp³-hybridized carbons (Fsp3) is 0.250. The lowest BCUT2D eigenvalue weighted by atomic mass is 10.2. The Labute approximate surface area is 119 Å². The second-order valence-electron chi connectivity index (χ2n) is 4.03. The molecule has 2 N–H and O–H groups in total. The predicted octanol–water partition coefficient (Wildman–Crippen LogP) is 2.73. The van der Waals surface area contributed by atoms with Gasteiger partial charge in [-0.1, -0.05) is 36.4 Å². The largest absolute Gasteiger partial charge is 0.508 e. The number of aromatic hydroxyl groups is 1. The molecule has 20 heavy (non-hydrogen) atoms. The van der Waals surface area contributed by atoms with Crippen LogP contribution in [0, 0.1) is 0 Å². The molecule has 108 valence electrons. The highest BCUT2D eigenvalue weighted by molar-refractivity contribution is 5.32. The molecule has 2 rings (SSSR count). The lowest BCUT2D eigenvalue weighted by Gasteiger charge is -2.03. The number of methoxy groups -OCH3 is 2. The third-order valence-electron chi connectivity index (χ3n) is 2.65. The van der Waals surface area contributed by atoms with Gasteiger partial charge in [-0.05, 0) is 12.1 Å². The van der Waals surface area contributed by atoms with Gasteiger partial charge < -0.3 is 19.7 Å². The van der Waals surface area contributed by atoms with Crippen molar-refractivity contribution >= 4 is 0 Å². The molecule has 0 aromatic heterocycles. The van der Waals surface area contributed by atoms with Gasteiger partial charge in [0.1, 0.15) is 11.5 Å². The first kappa shape index (κ1) is 16.0. The van der Waals surface area contributed by atoms with Crippen LogP contribution in [0.5, 0.6) is 11.5 Å². The molecule has 0 atom stereocenters. The Kier molecular flexibility index (Phi) is 7.17. The Morgan fingerprint density at radius 2 is 1.50 bits per heavy atom. The molecule has 0 bridgehead atoms. The van der Waals surface area contributed by atoms with Gasteiger partial charge in [0.15, 0.2) is 0 Å². The van der Waals surface area contributed by atoms with E-state index in [1.54, 1.807) is 26.4 Å². The molecule has 0 heterocycles. The lowest BCUT2D eigenvalue weighted by Crippen LogP contribution is -1.89. The second kappa shape index (κ2) is 8.96. The van der Waals surface area contributed by atoms with Crippen LogP contribution >= 0.6 is 0 Å². The van der Waals surface area contributed by atoms with E-state index in [1.807, 2.05) is 36.4 Å². The number of ether oxygens (including phenoxy) is 2. The number of para-hydroxylation sites is 2. The molecule has 2 aromatic carbocycles. The van der Waals surface area contributed by atoms with Crippen molar-refractivity contribution in [3.05, 3.63) is 59.7 Å². The van der Waals surface area contributed by atoms with Gasteiger partial charge in [-0.15, -0.1) is 0 Å². The minimum atomic E-state index is 0.0318. The third-order valence-corrected chi connectivity index (χ3v) is 2.65. The average molecular weight is 276 g/mol. The van der Waals surface area contributed by atoms with Gasteiger partial charge in [-0.3, -0.25) is 0 Å². The van der Waals surface area contributed by atoms with Crippen LogP contribution in [0.3, 0.4) is 0 Å². The fourth-order valence-electron chi connectivity index (χ4n) is 1.62. The molecule has 0 aliphatic rings. The summed E-state index contributed by atoms with van der Waals surface area (Å²) in [6.45, 7) is 0.497. The van der Waals surface area contributed by atoms with E-state index in [0.29, 0.717) is 12.4 Å². The average Bonchev–Trinajstić information content (AvgIpc) is 2.50. The van der Waals surface area contributed by atoms with E-state index in [0.717, 1.165) is 16.9 Å². The van der Waals surface area contributed by atoms with E-state index < -0.39 is 0 Å². The van der Waals surface area contributed by atoms with Crippen molar-refractivity contribution in [3.63, 3.8) is 0 Å². The molecule has 2 aromatic rings. The highest BCUT2D eigenvalue weighted by Crippen LogP contribution is 2.16. The normalized spacial score (nSPS) is 9.55. The third kappa shape index (κ3) is 4.91. The smallest absolute Gasteiger partial charge is 0.124 e. The van der Waals surface area contributed by atoms with Crippen LogP contribution in [0.1, 0.15) is 11.1 Å². The zero-order valence-corrected chi connectivity index (χ0v) is 11.7. The molecule has 0 aliphatic heterocycles.